The van der Waals surface area contributed by atoms with E-state index in [4.69, 9.17) is 14.6 Å². The maximum atomic E-state index is 11.0. The molecule has 1 aliphatic rings. The number of carbonyl (C=O) groups is 2. The Morgan fingerprint density at radius 2 is 1.94 bits per heavy atom. The van der Waals surface area contributed by atoms with E-state index in [2.05, 4.69) is 5.32 Å². The summed E-state index contributed by atoms with van der Waals surface area (Å²) in [6, 6.07) is -1.09. The number of nitrogens with one attached hydrogen (secondary N) is 1. The van der Waals surface area contributed by atoms with E-state index in [0.717, 1.165) is 6.92 Å². The van der Waals surface area contributed by atoms with Gasteiger partial charge in [-0.3, -0.25) is 9.59 Å². The smallest absolute Gasteiger partial charge is 0.303 e. The summed E-state index contributed by atoms with van der Waals surface area (Å²) in [5, 5.41) is 30.8. The number of hydrogen-bond acceptors (Lipinski definition) is 7. The summed E-state index contributed by atoms with van der Waals surface area (Å²) in [7, 11) is 0. The van der Waals surface area contributed by atoms with Crippen LogP contribution in [0.4, 0.5) is 0 Å². The molecule has 18 heavy (non-hydrogen) atoms. The molecule has 4 N–H and O–H groups in total. The van der Waals surface area contributed by atoms with Crippen LogP contribution in [0.15, 0.2) is 0 Å². The molecule has 1 heterocycles. The normalized spacial score (nSPS) is 35.9. The average Bonchev–Trinajstić information content (AvgIpc) is 2.27. The number of esters is 1. The van der Waals surface area contributed by atoms with E-state index in [1.165, 1.54) is 6.92 Å². The molecule has 0 radical (unpaired) electrons. The lowest BCUT2D eigenvalue weighted by Crippen LogP contribution is -2.65. The van der Waals surface area contributed by atoms with Crippen molar-refractivity contribution in [3.63, 3.8) is 0 Å². The summed E-state index contributed by atoms with van der Waals surface area (Å²) in [5.74, 6) is -1.16. The Balaban J connectivity index is 2.89. The molecular formula is C10H17NO7. The van der Waals surface area contributed by atoms with E-state index in [9.17, 15) is 19.8 Å². The van der Waals surface area contributed by atoms with Crippen LogP contribution in [-0.2, 0) is 19.1 Å². The van der Waals surface area contributed by atoms with Gasteiger partial charge in [0.15, 0.2) is 12.4 Å². The Kier molecular flexibility index (Phi) is 5.03. The van der Waals surface area contributed by atoms with E-state index < -0.39 is 49.1 Å². The van der Waals surface area contributed by atoms with Gasteiger partial charge in [0.05, 0.1) is 6.61 Å². The third kappa shape index (κ3) is 3.39. The zero-order valence-electron chi connectivity index (χ0n) is 10.1. The topological polar surface area (TPSA) is 125 Å². The van der Waals surface area contributed by atoms with Gasteiger partial charge in [0.25, 0.3) is 0 Å². The Labute approximate surface area is 104 Å². The quantitative estimate of drug-likeness (QED) is 0.414. The first-order chi connectivity index (χ1) is 8.36. The molecule has 0 saturated carbocycles. The van der Waals surface area contributed by atoms with Crippen molar-refractivity contribution in [1.82, 2.24) is 5.32 Å². The molecule has 104 valence electrons. The molecule has 0 aromatic rings. The maximum absolute atomic E-state index is 11.0. The van der Waals surface area contributed by atoms with Gasteiger partial charge < -0.3 is 30.1 Å². The molecule has 8 nitrogen and oxygen atoms in total. The van der Waals surface area contributed by atoms with Gasteiger partial charge in [-0.15, -0.1) is 0 Å². The van der Waals surface area contributed by atoms with Crippen molar-refractivity contribution in [3.05, 3.63) is 0 Å². The lowest BCUT2D eigenvalue weighted by molar-refractivity contribution is -0.258. The molecular weight excluding hydrogens is 246 g/mol. The molecule has 1 amide bonds. The van der Waals surface area contributed by atoms with E-state index in [1.54, 1.807) is 0 Å². The highest BCUT2D eigenvalue weighted by Gasteiger charge is 2.46. The molecule has 1 rings (SSSR count). The summed E-state index contributed by atoms with van der Waals surface area (Å²) < 4.78 is 9.79. The molecule has 5 atom stereocenters. The van der Waals surface area contributed by atoms with Gasteiger partial charge in [-0.1, -0.05) is 0 Å². The third-order valence-electron chi connectivity index (χ3n) is 2.54. The van der Waals surface area contributed by atoms with Crippen LogP contribution < -0.4 is 5.32 Å². The maximum Gasteiger partial charge on any atom is 0.303 e. The van der Waals surface area contributed by atoms with Gasteiger partial charge in [0.1, 0.15) is 18.2 Å². The highest BCUT2D eigenvalue weighted by atomic mass is 16.6. The summed E-state index contributed by atoms with van der Waals surface area (Å²) >= 11 is 0. The van der Waals surface area contributed by atoms with Gasteiger partial charge in [-0.2, -0.15) is 0 Å². The molecule has 8 heteroatoms. The molecule has 1 aliphatic heterocycles. The number of carbonyl (C=O) groups excluding carboxylic acids is 2. The second kappa shape index (κ2) is 6.10. The summed E-state index contributed by atoms with van der Waals surface area (Å²) in [6.07, 6.45) is -5.11. The summed E-state index contributed by atoms with van der Waals surface area (Å²) in [4.78, 5) is 22.0. The molecule has 3 unspecified atom stereocenters. The molecule has 0 aromatic heterocycles. The highest BCUT2D eigenvalue weighted by molar-refractivity contribution is 5.73. The van der Waals surface area contributed by atoms with Crippen molar-refractivity contribution >= 4 is 11.9 Å². The van der Waals surface area contributed by atoms with Gasteiger partial charge >= 0.3 is 5.97 Å². The number of rotatable bonds is 3. The Morgan fingerprint density at radius 3 is 2.39 bits per heavy atom. The summed E-state index contributed by atoms with van der Waals surface area (Å²) in [5.41, 5.74) is 0. The van der Waals surface area contributed by atoms with Crippen molar-refractivity contribution in [2.24, 2.45) is 0 Å². The largest absolute Gasteiger partial charge is 0.457 e. The van der Waals surface area contributed by atoms with Crippen LogP contribution in [-0.4, -0.2) is 64.4 Å². The first kappa shape index (κ1) is 14.8. The first-order valence-corrected chi connectivity index (χ1v) is 5.43. The lowest BCUT2D eigenvalue weighted by atomic mass is 9.96. The molecule has 0 bridgehead atoms. The predicted octanol–water partition coefficient (Wildman–Crippen LogP) is -2.51. The van der Waals surface area contributed by atoms with Crippen molar-refractivity contribution < 1.29 is 34.4 Å². The van der Waals surface area contributed by atoms with Crippen molar-refractivity contribution in [3.8, 4) is 0 Å². The van der Waals surface area contributed by atoms with Crippen molar-refractivity contribution in [2.45, 2.75) is 44.5 Å². The molecule has 1 fully saturated rings. The predicted molar refractivity (Wildman–Crippen MR) is 57.1 cm³/mol. The molecule has 0 aromatic carbocycles. The van der Waals surface area contributed by atoms with E-state index in [0.29, 0.717) is 0 Å². The highest BCUT2D eigenvalue weighted by Crippen LogP contribution is 2.22. The fourth-order valence-corrected chi connectivity index (χ4v) is 1.80. The fraction of sp³-hybridized carbons (Fsp3) is 0.800. The number of ether oxygens (including phenoxy) is 2. The number of amides is 1. The van der Waals surface area contributed by atoms with Gasteiger partial charge in [-0.05, 0) is 0 Å². The Hall–Kier alpha value is -1.22. The van der Waals surface area contributed by atoms with Gasteiger partial charge in [0, 0.05) is 13.8 Å². The van der Waals surface area contributed by atoms with Crippen LogP contribution in [0.3, 0.4) is 0 Å². The van der Waals surface area contributed by atoms with Crippen LogP contribution in [0.2, 0.25) is 0 Å². The van der Waals surface area contributed by atoms with Gasteiger partial charge in [-0.25, -0.2) is 0 Å². The molecule has 0 spiro atoms. The van der Waals surface area contributed by atoms with Crippen LogP contribution >= 0.6 is 0 Å². The van der Waals surface area contributed by atoms with Crippen molar-refractivity contribution in [1.29, 1.82) is 0 Å². The second-order valence-electron chi connectivity index (χ2n) is 4.04. The second-order valence-corrected chi connectivity index (χ2v) is 4.04. The summed E-state index contributed by atoms with van der Waals surface area (Å²) in [6.45, 7) is 1.79. The van der Waals surface area contributed by atoms with Crippen molar-refractivity contribution in [2.75, 3.05) is 6.61 Å². The van der Waals surface area contributed by atoms with Crippen LogP contribution in [0.25, 0.3) is 0 Å². The zero-order valence-corrected chi connectivity index (χ0v) is 10.1. The van der Waals surface area contributed by atoms with Crippen LogP contribution in [0, 0.1) is 0 Å². The van der Waals surface area contributed by atoms with Crippen LogP contribution in [0.1, 0.15) is 13.8 Å². The molecule has 1 saturated heterocycles. The number of hydrogen-bond donors (Lipinski definition) is 4. The standard InChI is InChI=1S/C10H17NO7/c1-4(13)11-7-9(17-5(2)14)8(15)6(3-12)18-10(7)16/h6-10,12,15-16H,3H2,1-2H3,(H,11,13)/t6?,7?,8-,9?,10-/m1/s1. The van der Waals surface area contributed by atoms with Gasteiger partial charge in [0.2, 0.25) is 5.91 Å². The average molecular weight is 263 g/mol. The Bertz CT molecular complexity index is 321. The molecule has 0 aliphatic carbocycles. The van der Waals surface area contributed by atoms with E-state index >= 15 is 0 Å². The Morgan fingerprint density at radius 1 is 1.33 bits per heavy atom. The minimum atomic E-state index is -1.49. The minimum Gasteiger partial charge on any atom is -0.457 e. The fourth-order valence-electron chi connectivity index (χ4n) is 1.80. The number of aliphatic hydroxyl groups is 3. The van der Waals surface area contributed by atoms with E-state index in [1.807, 2.05) is 0 Å². The van der Waals surface area contributed by atoms with Crippen LogP contribution in [0.5, 0.6) is 0 Å². The number of aliphatic hydroxyl groups excluding tert-OH is 3. The minimum absolute atomic E-state index is 0.477. The lowest BCUT2D eigenvalue weighted by Gasteiger charge is -2.41. The monoisotopic (exact) mass is 263 g/mol. The SMILES string of the molecule is CC(=O)NC1C(OC(C)=O)[C@H](O)C(CO)O[C@H]1O. The first-order valence-electron chi connectivity index (χ1n) is 5.43. The third-order valence-corrected chi connectivity index (χ3v) is 2.54. The van der Waals surface area contributed by atoms with E-state index in [-0.39, 0.29) is 0 Å². The zero-order chi connectivity index (χ0) is 13.9.